The van der Waals surface area contributed by atoms with E-state index in [2.05, 4.69) is 19.9 Å². The summed E-state index contributed by atoms with van der Waals surface area (Å²) in [6.45, 7) is 1.79. The van der Waals surface area contributed by atoms with Crippen molar-refractivity contribution in [2.75, 3.05) is 0 Å². The molecule has 0 bridgehead atoms. The van der Waals surface area contributed by atoms with Crippen molar-refractivity contribution < 1.29 is 14.8 Å². The summed E-state index contributed by atoms with van der Waals surface area (Å²) in [5.74, 6) is 0.353. The summed E-state index contributed by atoms with van der Waals surface area (Å²) in [7, 11) is 0. The van der Waals surface area contributed by atoms with E-state index in [-0.39, 0.29) is 28.0 Å². The van der Waals surface area contributed by atoms with Crippen molar-refractivity contribution >= 4 is 22.1 Å². The minimum Gasteiger partial charge on any atom is -0.504 e. The van der Waals surface area contributed by atoms with Gasteiger partial charge >= 0.3 is 0 Å². The van der Waals surface area contributed by atoms with Gasteiger partial charge < -0.3 is 10.2 Å². The summed E-state index contributed by atoms with van der Waals surface area (Å²) in [4.78, 5) is 4.32. The number of aromatic hydroxyl groups is 2. The molecule has 0 unspecified atom stereocenters. The molecule has 2 N–H and O–H groups in total. The minimum atomic E-state index is -0.156. The maximum atomic E-state index is 10.4. The molecule has 0 radical (unpaired) electrons. The number of fused-ring (bicyclic) bond motifs is 2. The lowest BCUT2D eigenvalue weighted by atomic mass is 10.2. The Hall–Kier alpha value is -3.09. The lowest BCUT2D eigenvalue weighted by molar-refractivity contribution is 0.313. The second-order valence-corrected chi connectivity index (χ2v) is 4.69. The Balaban J connectivity index is 2.22. The third-order valence-electron chi connectivity index (χ3n) is 3.45. The van der Waals surface area contributed by atoms with Crippen LogP contribution in [0.1, 0.15) is 5.82 Å². The number of phenols is 2. The van der Waals surface area contributed by atoms with Crippen LogP contribution in [0.2, 0.25) is 0 Å². The SMILES string of the molecule is Cc1nc2c(O)c3nonc3c(O)c2n1-c1ccccc1. The third kappa shape index (κ3) is 1.45. The van der Waals surface area contributed by atoms with Crippen molar-refractivity contribution in [2.24, 2.45) is 0 Å². The fraction of sp³-hybridized carbons (Fsp3) is 0.0714. The van der Waals surface area contributed by atoms with E-state index in [0.717, 1.165) is 5.69 Å². The predicted molar refractivity (Wildman–Crippen MR) is 74.5 cm³/mol. The topological polar surface area (TPSA) is 97.2 Å². The summed E-state index contributed by atoms with van der Waals surface area (Å²) in [5.41, 5.74) is 1.66. The zero-order valence-corrected chi connectivity index (χ0v) is 11.0. The Labute approximate surface area is 118 Å². The highest BCUT2D eigenvalue weighted by Gasteiger charge is 2.23. The molecule has 0 fully saturated rings. The molecule has 0 spiro atoms. The number of phenolic OH excluding ortho intramolecular Hbond substituents is 2. The highest BCUT2D eigenvalue weighted by Crippen LogP contribution is 2.40. The van der Waals surface area contributed by atoms with Crippen molar-refractivity contribution in [2.45, 2.75) is 6.92 Å². The Bertz CT molecular complexity index is 972. The van der Waals surface area contributed by atoms with Crippen LogP contribution in [0.3, 0.4) is 0 Å². The van der Waals surface area contributed by atoms with Crippen molar-refractivity contribution in [3.8, 4) is 17.2 Å². The average Bonchev–Trinajstić information content (AvgIpc) is 3.10. The number of aryl methyl sites for hydroxylation is 1. The van der Waals surface area contributed by atoms with Crippen molar-refractivity contribution in [3.63, 3.8) is 0 Å². The van der Waals surface area contributed by atoms with Crippen LogP contribution in [0, 0.1) is 6.92 Å². The van der Waals surface area contributed by atoms with Crippen molar-refractivity contribution in [3.05, 3.63) is 36.2 Å². The monoisotopic (exact) mass is 282 g/mol. The third-order valence-corrected chi connectivity index (χ3v) is 3.45. The number of hydrogen-bond acceptors (Lipinski definition) is 6. The largest absolute Gasteiger partial charge is 0.504 e. The zero-order chi connectivity index (χ0) is 14.6. The maximum absolute atomic E-state index is 10.4. The van der Waals surface area contributed by atoms with Gasteiger partial charge in [0.2, 0.25) is 0 Å². The van der Waals surface area contributed by atoms with Crippen LogP contribution in [0.5, 0.6) is 11.5 Å². The normalized spacial score (nSPS) is 11.5. The highest BCUT2D eigenvalue weighted by molar-refractivity contribution is 6.05. The van der Waals surface area contributed by atoms with E-state index in [1.807, 2.05) is 30.3 Å². The van der Waals surface area contributed by atoms with E-state index >= 15 is 0 Å². The average molecular weight is 282 g/mol. The zero-order valence-electron chi connectivity index (χ0n) is 11.0. The lowest BCUT2D eigenvalue weighted by Crippen LogP contribution is -1.96. The number of hydrogen-bond donors (Lipinski definition) is 2. The number of imidazole rings is 1. The van der Waals surface area contributed by atoms with Gasteiger partial charge in [-0.15, -0.1) is 0 Å². The Morgan fingerprint density at radius 1 is 0.952 bits per heavy atom. The Morgan fingerprint density at radius 3 is 2.33 bits per heavy atom. The second kappa shape index (κ2) is 3.95. The van der Waals surface area contributed by atoms with Gasteiger partial charge in [-0.3, -0.25) is 4.57 Å². The summed E-state index contributed by atoms with van der Waals surface area (Å²) in [6, 6.07) is 9.43. The molecule has 0 aliphatic carbocycles. The molecule has 2 aromatic carbocycles. The van der Waals surface area contributed by atoms with Crippen LogP contribution in [0.25, 0.3) is 27.8 Å². The van der Waals surface area contributed by atoms with E-state index in [0.29, 0.717) is 11.3 Å². The summed E-state index contributed by atoms with van der Waals surface area (Å²) in [5, 5.41) is 27.9. The maximum Gasteiger partial charge on any atom is 0.183 e. The smallest absolute Gasteiger partial charge is 0.183 e. The first-order chi connectivity index (χ1) is 10.2. The van der Waals surface area contributed by atoms with Crippen LogP contribution in [-0.4, -0.2) is 30.1 Å². The number of nitrogens with zero attached hydrogens (tertiary/aromatic N) is 4. The summed E-state index contributed by atoms with van der Waals surface area (Å²) in [6.07, 6.45) is 0. The standard InChI is InChI=1S/C14H10N4O3/c1-7-15-11-12(18(7)8-5-3-2-4-6-8)14(20)10-9(13(11)19)16-21-17-10/h2-6,19-20H,1H3. The van der Waals surface area contributed by atoms with Crippen LogP contribution < -0.4 is 0 Å². The lowest BCUT2D eigenvalue weighted by Gasteiger charge is -2.07. The molecule has 4 rings (SSSR count). The fourth-order valence-corrected chi connectivity index (χ4v) is 2.53. The minimum absolute atomic E-state index is 0.0951. The van der Waals surface area contributed by atoms with Gasteiger partial charge in [0, 0.05) is 5.69 Å². The van der Waals surface area contributed by atoms with Crippen molar-refractivity contribution in [1.82, 2.24) is 19.9 Å². The Kier molecular flexibility index (Phi) is 2.20. The first-order valence-electron chi connectivity index (χ1n) is 6.29. The molecule has 4 aromatic rings. The fourth-order valence-electron chi connectivity index (χ4n) is 2.53. The van der Waals surface area contributed by atoms with Gasteiger partial charge in [-0.2, -0.15) is 0 Å². The van der Waals surface area contributed by atoms with Gasteiger partial charge in [-0.05, 0) is 29.4 Å². The molecule has 7 nitrogen and oxygen atoms in total. The molecular formula is C14H10N4O3. The van der Waals surface area contributed by atoms with Gasteiger partial charge in [-0.1, -0.05) is 18.2 Å². The molecule has 0 aliphatic rings. The second-order valence-electron chi connectivity index (χ2n) is 4.69. The molecule has 104 valence electrons. The first kappa shape index (κ1) is 11.7. The van der Waals surface area contributed by atoms with E-state index in [1.54, 1.807) is 11.5 Å². The van der Waals surface area contributed by atoms with Gasteiger partial charge in [0.1, 0.15) is 16.9 Å². The number of aromatic nitrogens is 4. The quantitative estimate of drug-likeness (QED) is 0.520. The summed E-state index contributed by atoms with van der Waals surface area (Å²) < 4.78 is 6.33. The van der Waals surface area contributed by atoms with Crippen LogP contribution in [0.15, 0.2) is 35.0 Å². The number of benzene rings is 2. The Morgan fingerprint density at radius 2 is 1.62 bits per heavy atom. The van der Waals surface area contributed by atoms with Gasteiger partial charge in [0.05, 0.1) is 0 Å². The molecule has 2 aromatic heterocycles. The van der Waals surface area contributed by atoms with Gasteiger partial charge in [0.25, 0.3) is 0 Å². The van der Waals surface area contributed by atoms with Crippen molar-refractivity contribution in [1.29, 1.82) is 0 Å². The van der Waals surface area contributed by atoms with Crippen LogP contribution >= 0.6 is 0 Å². The molecule has 2 heterocycles. The summed E-state index contributed by atoms with van der Waals surface area (Å²) >= 11 is 0. The van der Waals surface area contributed by atoms with Gasteiger partial charge in [0.15, 0.2) is 22.5 Å². The first-order valence-corrected chi connectivity index (χ1v) is 6.29. The molecule has 21 heavy (non-hydrogen) atoms. The molecule has 0 atom stereocenters. The van der Waals surface area contributed by atoms with E-state index in [4.69, 9.17) is 0 Å². The molecule has 0 saturated carbocycles. The highest BCUT2D eigenvalue weighted by atomic mass is 16.6. The molecular weight excluding hydrogens is 272 g/mol. The molecule has 0 saturated heterocycles. The number of para-hydroxylation sites is 1. The van der Waals surface area contributed by atoms with Crippen LogP contribution in [0.4, 0.5) is 0 Å². The van der Waals surface area contributed by atoms with E-state index in [1.165, 1.54) is 0 Å². The van der Waals surface area contributed by atoms with Crippen LogP contribution in [-0.2, 0) is 0 Å². The van der Waals surface area contributed by atoms with E-state index in [9.17, 15) is 10.2 Å². The predicted octanol–water partition coefficient (Wildman–Crippen LogP) is 2.28. The molecule has 0 aliphatic heterocycles. The molecule has 7 heteroatoms. The number of rotatable bonds is 1. The van der Waals surface area contributed by atoms with Gasteiger partial charge in [-0.25, -0.2) is 9.61 Å². The molecule has 0 amide bonds. The van der Waals surface area contributed by atoms with E-state index < -0.39 is 0 Å².